The summed E-state index contributed by atoms with van der Waals surface area (Å²) in [6, 6.07) is 16.4. The maximum absolute atomic E-state index is 12.9. The molecule has 1 aliphatic rings. The van der Waals surface area contributed by atoms with Crippen molar-refractivity contribution in [3.8, 4) is 0 Å². The van der Waals surface area contributed by atoms with Crippen LogP contribution in [0.15, 0.2) is 65.1 Å². The number of fused-ring (bicyclic) bond motifs is 1. The van der Waals surface area contributed by atoms with Crippen molar-refractivity contribution in [1.29, 1.82) is 0 Å². The zero-order chi connectivity index (χ0) is 23.0. The van der Waals surface area contributed by atoms with Gasteiger partial charge in [-0.1, -0.05) is 33.6 Å². The number of rotatable bonds is 5. The number of ketones is 1. The number of hydrogen-bond acceptors (Lipinski definition) is 5. The molecule has 0 fully saturated rings. The molecule has 7 heteroatoms. The van der Waals surface area contributed by atoms with E-state index in [1.807, 2.05) is 26.0 Å². The molecule has 1 aliphatic heterocycles. The van der Waals surface area contributed by atoms with E-state index < -0.39 is 24.4 Å². The summed E-state index contributed by atoms with van der Waals surface area (Å²) in [7, 11) is 0. The normalized spacial score (nSPS) is 12.7. The first kappa shape index (κ1) is 21.6. The van der Waals surface area contributed by atoms with Gasteiger partial charge in [-0.05, 0) is 67.9 Å². The molecule has 0 spiro atoms. The number of amides is 2. The second-order valence-electron chi connectivity index (χ2n) is 7.50. The first-order valence-electron chi connectivity index (χ1n) is 9.82. The molecule has 0 radical (unpaired) electrons. The molecule has 3 aromatic rings. The van der Waals surface area contributed by atoms with Gasteiger partial charge >= 0.3 is 5.97 Å². The van der Waals surface area contributed by atoms with Crippen LogP contribution in [0.3, 0.4) is 0 Å². The van der Waals surface area contributed by atoms with Crippen LogP contribution < -0.4 is 4.90 Å². The molecule has 0 saturated carbocycles. The fourth-order valence-electron chi connectivity index (χ4n) is 3.52. The third-order valence-corrected chi connectivity index (χ3v) is 5.76. The van der Waals surface area contributed by atoms with Crippen molar-refractivity contribution in [1.82, 2.24) is 0 Å². The molecule has 0 N–H and O–H groups in total. The molecule has 3 aromatic carbocycles. The van der Waals surface area contributed by atoms with E-state index in [9.17, 15) is 19.2 Å². The van der Waals surface area contributed by atoms with Crippen LogP contribution in [0.25, 0.3) is 0 Å². The van der Waals surface area contributed by atoms with Gasteiger partial charge in [-0.3, -0.25) is 14.4 Å². The standard InChI is InChI=1S/C25H18BrNO5/c1-14-3-4-15(2)20(11-14)22(28)13-32-25(31)16-5-10-19-21(12-16)24(30)27(23(19)29)18-8-6-17(26)7-9-18/h3-12H,13H2,1-2H3. The van der Waals surface area contributed by atoms with Gasteiger partial charge in [0.2, 0.25) is 5.78 Å². The monoisotopic (exact) mass is 491 g/mol. The predicted molar refractivity (Wildman–Crippen MR) is 122 cm³/mol. The average molecular weight is 492 g/mol. The maximum atomic E-state index is 12.9. The van der Waals surface area contributed by atoms with Gasteiger partial charge in [-0.15, -0.1) is 0 Å². The number of anilines is 1. The highest BCUT2D eigenvalue weighted by molar-refractivity contribution is 9.10. The quantitative estimate of drug-likeness (QED) is 0.287. The summed E-state index contributed by atoms with van der Waals surface area (Å²) in [5.74, 6) is -2.03. The number of carbonyl (C=O) groups excluding carboxylic acids is 4. The molecule has 1 heterocycles. The van der Waals surface area contributed by atoms with Gasteiger partial charge < -0.3 is 4.74 Å². The van der Waals surface area contributed by atoms with E-state index in [1.54, 1.807) is 30.3 Å². The molecule has 0 saturated heterocycles. The SMILES string of the molecule is Cc1ccc(C)c(C(=O)COC(=O)c2ccc3c(c2)C(=O)N(c2ccc(Br)cc2)C3=O)c1. The van der Waals surface area contributed by atoms with Crippen molar-refractivity contribution in [2.45, 2.75) is 13.8 Å². The third kappa shape index (κ3) is 3.99. The van der Waals surface area contributed by atoms with E-state index in [0.29, 0.717) is 11.3 Å². The summed E-state index contributed by atoms with van der Waals surface area (Å²) in [6.07, 6.45) is 0. The van der Waals surface area contributed by atoms with Gasteiger partial charge in [-0.2, -0.15) is 0 Å². The predicted octanol–water partition coefficient (Wildman–Crippen LogP) is 4.91. The lowest BCUT2D eigenvalue weighted by atomic mass is 10.0. The van der Waals surface area contributed by atoms with Crippen LogP contribution in [0.4, 0.5) is 5.69 Å². The van der Waals surface area contributed by atoms with Gasteiger partial charge in [0.15, 0.2) is 6.61 Å². The molecule has 160 valence electrons. The number of Topliss-reactive ketones (excluding diaryl/α,β-unsaturated/α-hetero) is 1. The van der Waals surface area contributed by atoms with Crippen molar-refractivity contribution >= 4 is 45.2 Å². The van der Waals surface area contributed by atoms with Crippen molar-refractivity contribution in [2.24, 2.45) is 0 Å². The number of ether oxygens (including phenoxy) is 1. The maximum Gasteiger partial charge on any atom is 0.338 e. The first-order chi connectivity index (χ1) is 15.3. The Morgan fingerprint density at radius 2 is 1.56 bits per heavy atom. The van der Waals surface area contributed by atoms with Crippen molar-refractivity contribution in [2.75, 3.05) is 11.5 Å². The van der Waals surface area contributed by atoms with Crippen LogP contribution >= 0.6 is 15.9 Å². The Morgan fingerprint density at radius 3 is 2.28 bits per heavy atom. The van der Waals surface area contributed by atoms with Crippen LogP contribution in [0.5, 0.6) is 0 Å². The van der Waals surface area contributed by atoms with Gasteiger partial charge in [0.1, 0.15) is 0 Å². The highest BCUT2D eigenvalue weighted by atomic mass is 79.9. The Bertz CT molecular complexity index is 1280. The lowest BCUT2D eigenvalue weighted by Crippen LogP contribution is -2.29. The number of hydrogen-bond donors (Lipinski definition) is 0. The average Bonchev–Trinajstić information content (AvgIpc) is 3.03. The number of carbonyl (C=O) groups is 4. The summed E-state index contributed by atoms with van der Waals surface area (Å²) in [4.78, 5) is 51.7. The van der Waals surface area contributed by atoms with Crippen molar-refractivity contribution in [3.05, 3.63) is 98.5 Å². The van der Waals surface area contributed by atoms with Gasteiger partial charge in [0, 0.05) is 10.0 Å². The van der Waals surface area contributed by atoms with E-state index in [2.05, 4.69) is 15.9 Å². The molecule has 32 heavy (non-hydrogen) atoms. The summed E-state index contributed by atoms with van der Waals surface area (Å²) in [5.41, 5.74) is 3.08. The number of imide groups is 1. The Labute approximate surface area is 192 Å². The molecular formula is C25H18BrNO5. The third-order valence-electron chi connectivity index (χ3n) is 5.23. The minimum Gasteiger partial charge on any atom is -0.454 e. The lowest BCUT2D eigenvalue weighted by molar-refractivity contribution is 0.0474. The summed E-state index contributed by atoms with van der Waals surface area (Å²) in [5, 5.41) is 0. The fourth-order valence-corrected chi connectivity index (χ4v) is 3.79. The van der Waals surface area contributed by atoms with Crippen molar-refractivity contribution < 1.29 is 23.9 Å². The molecule has 0 bridgehead atoms. The summed E-state index contributed by atoms with van der Waals surface area (Å²) < 4.78 is 6.00. The lowest BCUT2D eigenvalue weighted by Gasteiger charge is -2.13. The number of esters is 1. The largest absolute Gasteiger partial charge is 0.454 e. The van der Waals surface area contributed by atoms with E-state index in [4.69, 9.17) is 4.74 Å². The second kappa shape index (κ2) is 8.51. The first-order valence-corrected chi connectivity index (χ1v) is 10.6. The number of aryl methyl sites for hydroxylation is 2. The zero-order valence-corrected chi connectivity index (χ0v) is 18.9. The molecular weight excluding hydrogens is 474 g/mol. The van der Waals surface area contributed by atoms with E-state index in [-0.39, 0.29) is 22.5 Å². The highest BCUT2D eigenvalue weighted by Crippen LogP contribution is 2.30. The number of halogens is 1. The number of benzene rings is 3. The Balaban J connectivity index is 1.51. The van der Waals surface area contributed by atoms with Crippen LogP contribution in [-0.4, -0.2) is 30.2 Å². The molecule has 0 atom stereocenters. The molecule has 0 aliphatic carbocycles. The molecule has 6 nitrogen and oxygen atoms in total. The fraction of sp³-hybridized carbons (Fsp3) is 0.120. The second-order valence-corrected chi connectivity index (χ2v) is 8.42. The van der Waals surface area contributed by atoms with Gasteiger partial charge in [0.05, 0.1) is 22.4 Å². The van der Waals surface area contributed by atoms with Crippen LogP contribution in [-0.2, 0) is 4.74 Å². The minimum absolute atomic E-state index is 0.0938. The summed E-state index contributed by atoms with van der Waals surface area (Å²) in [6.45, 7) is 3.27. The van der Waals surface area contributed by atoms with E-state index in [1.165, 1.54) is 18.2 Å². The summed E-state index contributed by atoms with van der Waals surface area (Å²) >= 11 is 3.32. The molecule has 4 rings (SSSR count). The Morgan fingerprint density at radius 1 is 0.875 bits per heavy atom. The van der Waals surface area contributed by atoms with Crippen LogP contribution in [0.2, 0.25) is 0 Å². The van der Waals surface area contributed by atoms with Crippen molar-refractivity contribution in [3.63, 3.8) is 0 Å². The Hall–Kier alpha value is -3.58. The van der Waals surface area contributed by atoms with Gasteiger partial charge in [0.25, 0.3) is 11.8 Å². The van der Waals surface area contributed by atoms with E-state index >= 15 is 0 Å². The minimum atomic E-state index is -0.742. The topological polar surface area (TPSA) is 80.8 Å². The highest BCUT2D eigenvalue weighted by Gasteiger charge is 2.37. The van der Waals surface area contributed by atoms with Crippen LogP contribution in [0, 0.1) is 13.8 Å². The molecule has 0 aromatic heterocycles. The van der Waals surface area contributed by atoms with Gasteiger partial charge in [-0.25, -0.2) is 9.69 Å². The zero-order valence-electron chi connectivity index (χ0n) is 17.3. The van der Waals surface area contributed by atoms with Crippen LogP contribution in [0.1, 0.15) is 52.6 Å². The Kier molecular flexibility index (Phi) is 5.76. The van der Waals surface area contributed by atoms with E-state index in [0.717, 1.165) is 20.5 Å². The molecule has 2 amide bonds. The number of nitrogens with zero attached hydrogens (tertiary/aromatic N) is 1. The smallest absolute Gasteiger partial charge is 0.338 e. The molecule has 0 unspecified atom stereocenters.